The van der Waals surface area contributed by atoms with Gasteiger partial charge in [-0.1, -0.05) is 0 Å². The van der Waals surface area contributed by atoms with Crippen LogP contribution in [0.3, 0.4) is 0 Å². The van der Waals surface area contributed by atoms with Crippen LogP contribution in [0.15, 0.2) is 41.2 Å². The van der Waals surface area contributed by atoms with Gasteiger partial charge in [-0.3, -0.25) is 19.1 Å². The van der Waals surface area contributed by atoms with Gasteiger partial charge in [0.25, 0.3) is 5.56 Å². The Morgan fingerprint density at radius 3 is 3.05 bits per heavy atom. The van der Waals surface area contributed by atoms with E-state index in [0.29, 0.717) is 16.0 Å². The number of anilines is 1. The fourth-order valence-electron chi connectivity index (χ4n) is 1.71. The van der Waals surface area contributed by atoms with Gasteiger partial charge in [-0.05, 0) is 11.4 Å². The molecule has 3 rings (SSSR count). The van der Waals surface area contributed by atoms with Crippen molar-refractivity contribution < 1.29 is 4.79 Å². The van der Waals surface area contributed by atoms with Crippen LogP contribution in [-0.4, -0.2) is 25.4 Å². The molecule has 0 bridgehead atoms. The second kappa shape index (κ2) is 5.17. The summed E-state index contributed by atoms with van der Waals surface area (Å²) in [6.45, 7) is -0.117. The number of thiophene rings is 1. The van der Waals surface area contributed by atoms with Crippen LogP contribution < -0.4 is 10.9 Å². The van der Waals surface area contributed by atoms with Crippen LogP contribution in [0.25, 0.3) is 10.2 Å². The molecular formula is C12H9N5O2S. The van der Waals surface area contributed by atoms with Crippen molar-refractivity contribution in [1.82, 2.24) is 19.5 Å². The molecule has 1 N–H and O–H groups in total. The monoisotopic (exact) mass is 287 g/mol. The van der Waals surface area contributed by atoms with E-state index in [9.17, 15) is 9.59 Å². The average Bonchev–Trinajstić information content (AvgIpc) is 2.92. The van der Waals surface area contributed by atoms with Crippen molar-refractivity contribution in [2.24, 2.45) is 0 Å². The fraction of sp³-hybridized carbons (Fsp3) is 0.0833. The van der Waals surface area contributed by atoms with E-state index in [1.165, 1.54) is 40.8 Å². The van der Waals surface area contributed by atoms with E-state index in [1.54, 1.807) is 11.4 Å². The summed E-state index contributed by atoms with van der Waals surface area (Å²) >= 11 is 1.39. The highest BCUT2D eigenvalue weighted by molar-refractivity contribution is 7.16. The summed E-state index contributed by atoms with van der Waals surface area (Å²) < 4.78 is 1.26. The smallest absolute Gasteiger partial charge is 0.262 e. The van der Waals surface area contributed by atoms with Gasteiger partial charge in [0, 0.05) is 12.4 Å². The van der Waals surface area contributed by atoms with Crippen molar-refractivity contribution in [1.29, 1.82) is 0 Å². The molecule has 0 saturated carbocycles. The third-order valence-electron chi connectivity index (χ3n) is 2.60. The second-order valence-electron chi connectivity index (χ2n) is 3.96. The molecule has 100 valence electrons. The van der Waals surface area contributed by atoms with Gasteiger partial charge in [0.2, 0.25) is 5.91 Å². The Hall–Kier alpha value is -2.61. The minimum atomic E-state index is -0.357. The first kappa shape index (κ1) is 12.4. The first-order valence-electron chi connectivity index (χ1n) is 5.72. The number of nitrogens with zero attached hydrogens (tertiary/aromatic N) is 4. The zero-order valence-corrected chi connectivity index (χ0v) is 11.0. The van der Waals surface area contributed by atoms with E-state index in [-0.39, 0.29) is 18.0 Å². The van der Waals surface area contributed by atoms with Crippen LogP contribution in [0.5, 0.6) is 0 Å². The number of aromatic nitrogens is 4. The lowest BCUT2D eigenvalue weighted by atomic mass is 10.4. The number of amides is 1. The van der Waals surface area contributed by atoms with Crippen molar-refractivity contribution in [3.05, 3.63) is 46.7 Å². The largest absolute Gasteiger partial charge is 0.308 e. The molecule has 0 aliphatic heterocycles. The molecule has 3 aromatic rings. The van der Waals surface area contributed by atoms with Crippen LogP contribution >= 0.6 is 11.3 Å². The standard InChI is InChI=1S/C12H9N5O2S/c18-10(16-9-5-13-2-3-14-9)6-17-7-15-11-8(12(17)19)1-4-20-11/h1-5,7H,6H2,(H,14,16,18). The lowest BCUT2D eigenvalue weighted by molar-refractivity contribution is -0.116. The molecule has 0 atom stereocenters. The SMILES string of the molecule is O=C(Cn1cnc2sccc2c1=O)Nc1cnccn1. The molecule has 3 aromatic heterocycles. The number of nitrogens with one attached hydrogen (secondary N) is 1. The van der Waals surface area contributed by atoms with Gasteiger partial charge >= 0.3 is 0 Å². The Morgan fingerprint density at radius 2 is 2.25 bits per heavy atom. The molecular weight excluding hydrogens is 278 g/mol. The van der Waals surface area contributed by atoms with E-state index < -0.39 is 0 Å². The number of carbonyl (C=O) groups excluding carboxylic acids is 1. The van der Waals surface area contributed by atoms with Crippen molar-refractivity contribution in [2.75, 3.05) is 5.32 Å². The summed E-state index contributed by atoms with van der Waals surface area (Å²) in [4.78, 5) is 36.5. The maximum atomic E-state index is 12.1. The van der Waals surface area contributed by atoms with Crippen molar-refractivity contribution in [2.45, 2.75) is 6.54 Å². The fourth-order valence-corrected chi connectivity index (χ4v) is 2.43. The molecule has 0 aliphatic rings. The summed E-state index contributed by atoms with van der Waals surface area (Å²) in [6, 6.07) is 1.70. The van der Waals surface area contributed by atoms with E-state index in [4.69, 9.17) is 0 Å². The van der Waals surface area contributed by atoms with Gasteiger partial charge in [0.05, 0.1) is 17.9 Å². The Labute approximate surface area is 117 Å². The van der Waals surface area contributed by atoms with E-state index >= 15 is 0 Å². The second-order valence-corrected chi connectivity index (χ2v) is 4.85. The number of rotatable bonds is 3. The zero-order valence-electron chi connectivity index (χ0n) is 10.2. The normalized spacial score (nSPS) is 10.6. The molecule has 0 radical (unpaired) electrons. The summed E-state index contributed by atoms with van der Waals surface area (Å²) in [6.07, 6.45) is 5.79. The van der Waals surface area contributed by atoms with E-state index in [0.717, 1.165) is 0 Å². The molecule has 0 spiro atoms. The van der Waals surface area contributed by atoms with Crippen molar-refractivity contribution >= 4 is 33.3 Å². The van der Waals surface area contributed by atoms with Crippen LogP contribution in [0, 0.1) is 0 Å². The molecule has 1 amide bonds. The quantitative estimate of drug-likeness (QED) is 0.772. The number of fused-ring (bicyclic) bond motifs is 1. The third-order valence-corrected chi connectivity index (χ3v) is 3.42. The number of hydrogen-bond donors (Lipinski definition) is 1. The third kappa shape index (κ3) is 2.41. The van der Waals surface area contributed by atoms with Crippen molar-refractivity contribution in [3.63, 3.8) is 0 Å². The van der Waals surface area contributed by atoms with Crippen LogP contribution in [0.2, 0.25) is 0 Å². The predicted molar refractivity (Wildman–Crippen MR) is 74.5 cm³/mol. The Balaban J connectivity index is 1.81. The first-order valence-corrected chi connectivity index (χ1v) is 6.60. The summed E-state index contributed by atoms with van der Waals surface area (Å²) in [5.41, 5.74) is -0.231. The highest BCUT2D eigenvalue weighted by Crippen LogP contribution is 2.13. The summed E-state index contributed by atoms with van der Waals surface area (Å²) in [5, 5.41) is 4.88. The molecule has 3 heterocycles. The van der Waals surface area contributed by atoms with E-state index in [2.05, 4.69) is 20.3 Å². The molecule has 0 aliphatic carbocycles. The number of carbonyl (C=O) groups is 1. The van der Waals surface area contributed by atoms with Gasteiger partial charge in [0.15, 0.2) is 5.82 Å². The lowest BCUT2D eigenvalue weighted by Crippen LogP contribution is -2.27. The van der Waals surface area contributed by atoms with Gasteiger partial charge in [-0.25, -0.2) is 9.97 Å². The Kier molecular flexibility index (Phi) is 3.21. The molecule has 7 nitrogen and oxygen atoms in total. The summed E-state index contributed by atoms with van der Waals surface area (Å²) in [7, 11) is 0. The maximum Gasteiger partial charge on any atom is 0.262 e. The van der Waals surface area contributed by atoms with E-state index in [1.807, 2.05) is 0 Å². The summed E-state index contributed by atoms with van der Waals surface area (Å²) in [5.74, 6) is -0.0147. The predicted octanol–water partition coefficient (Wildman–Crippen LogP) is 0.887. The molecule has 0 fully saturated rings. The molecule has 20 heavy (non-hydrogen) atoms. The molecule has 0 unspecified atom stereocenters. The first-order chi connectivity index (χ1) is 9.74. The van der Waals surface area contributed by atoms with Gasteiger partial charge in [-0.15, -0.1) is 11.3 Å². The highest BCUT2D eigenvalue weighted by Gasteiger charge is 2.09. The highest BCUT2D eigenvalue weighted by atomic mass is 32.1. The molecule has 0 aromatic carbocycles. The average molecular weight is 287 g/mol. The Bertz CT molecular complexity index is 811. The number of hydrogen-bond acceptors (Lipinski definition) is 6. The zero-order chi connectivity index (χ0) is 13.9. The van der Waals surface area contributed by atoms with Crippen LogP contribution in [-0.2, 0) is 11.3 Å². The van der Waals surface area contributed by atoms with Crippen molar-refractivity contribution in [3.8, 4) is 0 Å². The van der Waals surface area contributed by atoms with Crippen LogP contribution in [0.1, 0.15) is 0 Å². The molecule has 8 heteroatoms. The molecule has 0 saturated heterocycles. The maximum absolute atomic E-state index is 12.1. The topological polar surface area (TPSA) is 89.8 Å². The van der Waals surface area contributed by atoms with Gasteiger partial charge in [-0.2, -0.15) is 0 Å². The van der Waals surface area contributed by atoms with Gasteiger partial charge < -0.3 is 5.32 Å². The lowest BCUT2D eigenvalue weighted by Gasteiger charge is -2.05. The van der Waals surface area contributed by atoms with Crippen LogP contribution in [0.4, 0.5) is 5.82 Å². The minimum absolute atomic E-state index is 0.117. The van der Waals surface area contributed by atoms with Gasteiger partial charge in [0.1, 0.15) is 11.4 Å². The minimum Gasteiger partial charge on any atom is -0.308 e. The Morgan fingerprint density at radius 1 is 1.35 bits per heavy atom.